The van der Waals surface area contributed by atoms with E-state index < -0.39 is 0 Å². The zero-order valence-electron chi connectivity index (χ0n) is 11.8. The van der Waals surface area contributed by atoms with Gasteiger partial charge in [0.2, 0.25) is 0 Å². The highest BCUT2D eigenvalue weighted by Gasteiger charge is 2.21. The lowest BCUT2D eigenvalue weighted by Gasteiger charge is -2.33. The van der Waals surface area contributed by atoms with Gasteiger partial charge in [-0.15, -0.1) is 11.3 Å². The predicted molar refractivity (Wildman–Crippen MR) is 78.2 cm³/mol. The molecule has 1 aliphatic heterocycles. The molecule has 1 unspecified atom stereocenters. The highest BCUT2D eigenvalue weighted by molar-refractivity contribution is 7.09. The van der Waals surface area contributed by atoms with Crippen LogP contribution in [-0.4, -0.2) is 35.6 Å². The molecule has 4 heteroatoms. The van der Waals surface area contributed by atoms with Crippen LogP contribution < -0.4 is 5.32 Å². The first-order valence-electron chi connectivity index (χ1n) is 7.09. The molecule has 1 aromatic heterocycles. The Labute approximate surface area is 115 Å². The van der Waals surface area contributed by atoms with E-state index in [1.54, 1.807) is 11.3 Å². The first kappa shape index (κ1) is 14.0. The maximum absolute atomic E-state index is 4.57. The molecule has 1 atom stereocenters. The Kier molecular flexibility index (Phi) is 5.15. The van der Waals surface area contributed by atoms with Gasteiger partial charge in [-0.25, -0.2) is 4.98 Å². The molecule has 2 rings (SSSR count). The Morgan fingerprint density at radius 3 is 2.78 bits per heavy atom. The van der Waals surface area contributed by atoms with Crippen molar-refractivity contribution in [3.8, 4) is 0 Å². The Balaban J connectivity index is 1.77. The van der Waals surface area contributed by atoms with Crippen molar-refractivity contribution in [1.82, 2.24) is 15.2 Å². The van der Waals surface area contributed by atoms with Crippen LogP contribution in [0.2, 0.25) is 0 Å². The lowest BCUT2D eigenvalue weighted by atomic mass is 10.0. The summed E-state index contributed by atoms with van der Waals surface area (Å²) in [5.41, 5.74) is 1.14. The third-order valence-corrected chi connectivity index (χ3v) is 4.77. The summed E-state index contributed by atoms with van der Waals surface area (Å²) in [5, 5.41) is 7.09. The Morgan fingerprint density at radius 2 is 2.22 bits per heavy atom. The molecule has 0 amide bonds. The summed E-state index contributed by atoms with van der Waals surface area (Å²) in [6, 6.07) is 1.06. The van der Waals surface area contributed by atoms with Crippen LogP contribution in [0.1, 0.15) is 49.9 Å². The summed E-state index contributed by atoms with van der Waals surface area (Å²) in [4.78, 5) is 7.15. The van der Waals surface area contributed by atoms with Crippen molar-refractivity contribution in [1.29, 1.82) is 0 Å². The lowest BCUT2D eigenvalue weighted by molar-refractivity contribution is 0.192. The fourth-order valence-corrected chi connectivity index (χ4v) is 3.45. The third-order valence-electron chi connectivity index (χ3n) is 3.62. The second-order valence-electron chi connectivity index (χ2n) is 5.33. The number of aromatic nitrogens is 1. The van der Waals surface area contributed by atoms with E-state index in [1.165, 1.54) is 43.9 Å². The molecule has 0 aromatic carbocycles. The first-order valence-corrected chi connectivity index (χ1v) is 7.97. The van der Waals surface area contributed by atoms with E-state index in [0.717, 1.165) is 5.69 Å². The van der Waals surface area contributed by atoms with Crippen LogP contribution in [0.5, 0.6) is 0 Å². The van der Waals surface area contributed by atoms with E-state index in [-0.39, 0.29) is 0 Å². The highest BCUT2D eigenvalue weighted by Crippen LogP contribution is 2.20. The number of piperidine rings is 1. The van der Waals surface area contributed by atoms with Crippen LogP contribution in [-0.2, 0) is 0 Å². The Morgan fingerprint density at radius 1 is 1.50 bits per heavy atom. The third kappa shape index (κ3) is 3.77. The van der Waals surface area contributed by atoms with Crippen molar-refractivity contribution in [2.45, 2.75) is 52.1 Å². The minimum atomic E-state index is 0.395. The maximum Gasteiger partial charge on any atom is 0.110 e. The minimum absolute atomic E-state index is 0.395. The van der Waals surface area contributed by atoms with Crippen molar-refractivity contribution in [3.63, 3.8) is 0 Å². The van der Waals surface area contributed by atoms with Gasteiger partial charge in [0, 0.05) is 17.1 Å². The lowest BCUT2D eigenvalue weighted by Crippen LogP contribution is -2.43. The molecule has 1 aromatic rings. The van der Waals surface area contributed by atoms with E-state index in [2.05, 4.69) is 41.4 Å². The molecular weight excluding hydrogens is 242 g/mol. The van der Waals surface area contributed by atoms with Crippen molar-refractivity contribution in [2.75, 3.05) is 19.6 Å². The monoisotopic (exact) mass is 267 g/mol. The zero-order valence-corrected chi connectivity index (χ0v) is 12.6. The van der Waals surface area contributed by atoms with Crippen LogP contribution in [0.3, 0.4) is 0 Å². The van der Waals surface area contributed by atoms with Crippen LogP contribution in [0.15, 0.2) is 5.38 Å². The number of hydrogen-bond donors (Lipinski definition) is 1. The topological polar surface area (TPSA) is 28.2 Å². The second kappa shape index (κ2) is 6.64. The fourth-order valence-electron chi connectivity index (χ4n) is 2.64. The summed E-state index contributed by atoms with van der Waals surface area (Å²) in [7, 11) is 0. The van der Waals surface area contributed by atoms with E-state index >= 15 is 0 Å². The van der Waals surface area contributed by atoms with Crippen LogP contribution in [0.4, 0.5) is 0 Å². The fraction of sp³-hybridized carbons (Fsp3) is 0.786. The number of nitrogens with one attached hydrogen (secondary N) is 1. The molecule has 18 heavy (non-hydrogen) atoms. The predicted octanol–water partition coefficient (Wildman–Crippen LogP) is 2.98. The van der Waals surface area contributed by atoms with Crippen molar-refractivity contribution < 1.29 is 0 Å². The number of rotatable bonds is 5. The van der Waals surface area contributed by atoms with Gasteiger partial charge in [0.1, 0.15) is 5.01 Å². The second-order valence-corrected chi connectivity index (χ2v) is 6.22. The smallest absolute Gasteiger partial charge is 0.110 e. The van der Waals surface area contributed by atoms with Crippen LogP contribution >= 0.6 is 11.3 Å². The Bertz CT molecular complexity index is 356. The van der Waals surface area contributed by atoms with Gasteiger partial charge in [-0.3, -0.25) is 0 Å². The van der Waals surface area contributed by atoms with E-state index in [1.807, 2.05) is 0 Å². The molecule has 1 aliphatic rings. The average molecular weight is 267 g/mol. The van der Waals surface area contributed by atoms with Crippen molar-refractivity contribution in [2.24, 2.45) is 0 Å². The number of likely N-dealkylation sites (tertiary alicyclic amines) is 1. The number of thiazole rings is 1. The summed E-state index contributed by atoms with van der Waals surface area (Å²) in [6.07, 6.45) is 3.82. The van der Waals surface area contributed by atoms with Gasteiger partial charge in [-0.05, 0) is 52.7 Å². The van der Waals surface area contributed by atoms with Gasteiger partial charge >= 0.3 is 0 Å². The molecule has 1 fully saturated rings. The van der Waals surface area contributed by atoms with Gasteiger partial charge < -0.3 is 10.2 Å². The summed E-state index contributed by atoms with van der Waals surface area (Å²) in [6.45, 7) is 10.3. The number of hydrogen-bond acceptors (Lipinski definition) is 4. The molecule has 1 N–H and O–H groups in total. The van der Waals surface area contributed by atoms with Crippen LogP contribution in [0, 0.1) is 6.92 Å². The molecule has 0 saturated carbocycles. The van der Waals surface area contributed by atoms with Crippen LogP contribution in [0.25, 0.3) is 0 Å². The Hall–Kier alpha value is -0.450. The van der Waals surface area contributed by atoms with Gasteiger partial charge in [-0.1, -0.05) is 6.92 Å². The molecule has 0 bridgehead atoms. The number of aryl methyl sites for hydroxylation is 1. The van der Waals surface area contributed by atoms with Crippen molar-refractivity contribution in [3.05, 3.63) is 16.1 Å². The molecule has 0 radical (unpaired) electrons. The quantitative estimate of drug-likeness (QED) is 0.889. The molecule has 3 nitrogen and oxygen atoms in total. The largest absolute Gasteiger partial charge is 0.305 e. The summed E-state index contributed by atoms with van der Waals surface area (Å²) in [5.74, 6) is 0. The summed E-state index contributed by atoms with van der Waals surface area (Å²) >= 11 is 1.77. The van der Waals surface area contributed by atoms with E-state index in [0.29, 0.717) is 12.1 Å². The molecular formula is C14H25N3S. The minimum Gasteiger partial charge on any atom is -0.305 e. The van der Waals surface area contributed by atoms with Crippen molar-refractivity contribution >= 4 is 11.3 Å². The first-order chi connectivity index (χ1) is 8.69. The van der Waals surface area contributed by atoms with Gasteiger partial charge in [-0.2, -0.15) is 0 Å². The molecule has 2 heterocycles. The average Bonchev–Trinajstić information content (AvgIpc) is 2.79. The van der Waals surface area contributed by atoms with Gasteiger partial charge in [0.15, 0.2) is 0 Å². The standard InChI is InChI=1S/C14H25N3S/c1-4-7-17-8-5-13(6-9-17)16-12(3)14-15-11(2)10-18-14/h10,12-13,16H,4-9H2,1-3H3. The summed E-state index contributed by atoms with van der Waals surface area (Å²) < 4.78 is 0. The van der Waals surface area contributed by atoms with E-state index in [4.69, 9.17) is 0 Å². The van der Waals surface area contributed by atoms with E-state index in [9.17, 15) is 0 Å². The molecule has 1 saturated heterocycles. The highest BCUT2D eigenvalue weighted by atomic mass is 32.1. The molecule has 0 spiro atoms. The SMILES string of the molecule is CCCN1CCC(NC(C)c2nc(C)cs2)CC1. The molecule has 102 valence electrons. The van der Waals surface area contributed by atoms with Gasteiger partial charge in [0.05, 0.1) is 6.04 Å². The maximum atomic E-state index is 4.57. The van der Waals surface area contributed by atoms with Gasteiger partial charge in [0.25, 0.3) is 0 Å². The molecule has 0 aliphatic carbocycles. The number of nitrogens with zero attached hydrogens (tertiary/aromatic N) is 2. The zero-order chi connectivity index (χ0) is 13.0. The normalized spacial score (nSPS) is 20.2.